The molecule has 0 fully saturated rings. The highest BCUT2D eigenvalue weighted by Crippen LogP contribution is 2.15. The van der Waals surface area contributed by atoms with E-state index < -0.39 is 0 Å². The fourth-order valence-electron chi connectivity index (χ4n) is 2.07. The summed E-state index contributed by atoms with van der Waals surface area (Å²) < 4.78 is 1.94. The average Bonchev–Trinajstić information content (AvgIpc) is 2.73. The van der Waals surface area contributed by atoms with E-state index in [0.717, 1.165) is 17.4 Å². The lowest BCUT2D eigenvalue weighted by molar-refractivity contribution is 0.156. The third kappa shape index (κ3) is 2.48. The first-order valence-electron chi connectivity index (χ1n) is 5.95. The maximum atomic E-state index is 9.48. The molecule has 0 bridgehead atoms. The number of likely N-dealkylation sites (N-methyl/N-ethyl adjacent to an activating group) is 1. The molecule has 0 saturated heterocycles. The number of nitrogens with one attached hydrogen (secondary N) is 1. The molecule has 1 aromatic heterocycles. The van der Waals surface area contributed by atoms with Crippen LogP contribution in [0.25, 0.3) is 10.9 Å². The summed E-state index contributed by atoms with van der Waals surface area (Å²) in [5, 5.41) is 18.3. The van der Waals surface area contributed by atoms with Crippen molar-refractivity contribution in [3.63, 3.8) is 0 Å². The van der Waals surface area contributed by atoms with Crippen molar-refractivity contribution >= 4 is 10.9 Å². The van der Waals surface area contributed by atoms with E-state index in [-0.39, 0.29) is 12.1 Å². The van der Waals surface area contributed by atoms with Gasteiger partial charge < -0.3 is 10.4 Å². The van der Waals surface area contributed by atoms with Gasteiger partial charge in [-0.25, -0.2) is 0 Å². The van der Waals surface area contributed by atoms with Crippen molar-refractivity contribution in [2.24, 2.45) is 0 Å². The molecule has 4 nitrogen and oxygen atoms in total. The summed E-state index contributed by atoms with van der Waals surface area (Å²) >= 11 is 0. The molecule has 0 aliphatic rings. The quantitative estimate of drug-likeness (QED) is 0.820. The summed E-state index contributed by atoms with van der Waals surface area (Å²) in [5.41, 5.74) is 0.772. The lowest BCUT2D eigenvalue weighted by Gasteiger charge is -2.28. The normalized spacial score (nSPS) is 15.0. The van der Waals surface area contributed by atoms with E-state index in [0.29, 0.717) is 6.54 Å². The van der Waals surface area contributed by atoms with Crippen LogP contribution >= 0.6 is 0 Å². The van der Waals surface area contributed by atoms with E-state index in [1.807, 2.05) is 49.0 Å². The molecule has 0 spiro atoms. The molecule has 92 valence electrons. The lowest BCUT2D eigenvalue weighted by Crippen LogP contribution is -2.49. The number of aromatic nitrogens is 2. The zero-order valence-electron chi connectivity index (χ0n) is 10.3. The van der Waals surface area contributed by atoms with Crippen LogP contribution in [0.3, 0.4) is 0 Å². The van der Waals surface area contributed by atoms with Crippen molar-refractivity contribution in [1.29, 1.82) is 0 Å². The Kier molecular flexibility index (Phi) is 3.45. The predicted molar refractivity (Wildman–Crippen MR) is 68.9 cm³/mol. The monoisotopic (exact) mass is 233 g/mol. The van der Waals surface area contributed by atoms with Crippen LogP contribution in [-0.4, -0.2) is 33.6 Å². The number of para-hydroxylation sites is 1. The SMILES string of the molecule is CCNC(C)(CO)Cn1ncc2ccccc21. The van der Waals surface area contributed by atoms with Crippen molar-refractivity contribution in [2.45, 2.75) is 25.9 Å². The lowest BCUT2D eigenvalue weighted by atomic mass is 10.0. The molecule has 0 saturated carbocycles. The van der Waals surface area contributed by atoms with Gasteiger partial charge in [-0.2, -0.15) is 5.10 Å². The number of hydrogen-bond acceptors (Lipinski definition) is 3. The summed E-state index contributed by atoms with van der Waals surface area (Å²) in [7, 11) is 0. The Morgan fingerprint density at radius 1 is 1.41 bits per heavy atom. The Morgan fingerprint density at radius 3 is 2.88 bits per heavy atom. The number of benzene rings is 1. The second-order valence-corrected chi connectivity index (χ2v) is 4.61. The largest absolute Gasteiger partial charge is 0.394 e. The maximum Gasteiger partial charge on any atom is 0.0683 e. The van der Waals surface area contributed by atoms with Crippen LogP contribution in [0.2, 0.25) is 0 Å². The number of fused-ring (bicyclic) bond motifs is 1. The molecular formula is C13H19N3O. The highest BCUT2D eigenvalue weighted by Gasteiger charge is 2.23. The van der Waals surface area contributed by atoms with E-state index in [9.17, 15) is 5.11 Å². The van der Waals surface area contributed by atoms with Gasteiger partial charge >= 0.3 is 0 Å². The molecule has 17 heavy (non-hydrogen) atoms. The van der Waals surface area contributed by atoms with Gasteiger partial charge in [0.05, 0.1) is 30.4 Å². The topological polar surface area (TPSA) is 50.1 Å². The van der Waals surface area contributed by atoms with Gasteiger partial charge in [0.15, 0.2) is 0 Å². The molecule has 0 aliphatic heterocycles. The van der Waals surface area contributed by atoms with E-state index in [4.69, 9.17) is 0 Å². The first-order chi connectivity index (χ1) is 8.18. The molecule has 0 radical (unpaired) electrons. The van der Waals surface area contributed by atoms with Crippen molar-refractivity contribution in [2.75, 3.05) is 13.2 Å². The number of rotatable bonds is 5. The molecular weight excluding hydrogens is 214 g/mol. The predicted octanol–water partition coefficient (Wildman–Crippen LogP) is 1.40. The molecule has 2 rings (SSSR count). The number of aliphatic hydroxyl groups excluding tert-OH is 1. The molecule has 1 atom stereocenters. The third-order valence-electron chi connectivity index (χ3n) is 3.00. The molecule has 1 aromatic carbocycles. The summed E-state index contributed by atoms with van der Waals surface area (Å²) in [4.78, 5) is 0. The van der Waals surface area contributed by atoms with Gasteiger partial charge in [0, 0.05) is 5.39 Å². The van der Waals surface area contributed by atoms with Gasteiger partial charge in [0.1, 0.15) is 0 Å². The maximum absolute atomic E-state index is 9.48. The second-order valence-electron chi connectivity index (χ2n) is 4.61. The number of hydrogen-bond donors (Lipinski definition) is 2. The average molecular weight is 233 g/mol. The van der Waals surface area contributed by atoms with E-state index in [1.54, 1.807) is 0 Å². The Balaban J connectivity index is 2.28. The van der Waals surface area contributed by atoms with Crippen molar-refractivity contribution in [1.82, 2.24) is 15.1 Å². The Hall–Kier alpha value is -1.39. The van der Waals surface area contributed by atoms with Crippen LogP contribution in [0.5, 0.6) is 0 Å². The molecule has 0 aliphatic carbocycles. The van der Waals surface area contributed by atoms with Gasteiger partial charge in [-0.1, -0.05) is 25.1 Å². The van der Waals surface area contributed by atoms with Crippen molar-refractivity contribution in [3.05, 3.63) is 30.5 Å². The van der Waals surface area contributed by atoms with Crippen molar-refractivity contribution < 1.29 is 5.11 Å². The van der Waals surface area contributed by atoms with Crippen LogP contribution in [0.4, 0.5) is 0 Å². The minimum absolute atomic E-state index is 0.0923. The highest BCUT2D eigenvalue weighted by molar-refractivity contribution is 5.78. The van der Waals surface area contributed by atoms with Crippen molar-refractivity contribution in [3.8, 4) is 0 Å². The summed E-state index contributed by atoms with van der Waals surface area (Å²) in [5.74, 6) is 0. The van der Waals surface area contributed by atoms with E-state index >= 15 is 0 Å². The molecule has 1 heterocycles. The standard InChI is InChI=1S/C13H19N3O/c1-3-14-13(2,10-17)9-16-12-7-5-4-6-11(12)8-15-16/h4-8,14,17H,3,9-10H2,1-2H3. The Bertz CT molecular complexity index is 494. The third-order valence-corrected chi connectivity index (χ3v) is 3.00. The fraction of sp³-hybridized carbons (Fsp3) is 0.462. The zero-order valence-corrected chi connectivity index (χ0v) is 10.3. The first-order valence-corrected chi connectivity index (χ1v) is 5.95. The zero-order chi connectivity index (χ0) is 12.3. The van der Waals surface area contributed by atoms with Gasteiger partial charge in [0.2, 0.25) is 0 Å². The minimum Gasteiger partial charge on any atom is -0.394 e. The molecule has 0 amide bonds. The Morgan fingerprint density at radius 2 is 2.18 bits per heavy atom. The van der Waals surface area contributed by atoms with E-state index in [2.05, 4.69) is 10.4 Å². The fourth-order valence-corrected chi connectivity index (χ4v) is 2.07. The number of nitrogens with zero attached hydrogens (tertiary/aromatic N) is 2. The molecule has 4 heteroatoms. The first kappa shape index (κ1) is 12.1. The Labute approximate surface area is 101 Å². The summed E-state index contributed by atoms with van der Waals surface area (Å²) in [6, 6.07) is 8.10. The minimum atomic E-state index is -0.330. The number of aliphatic hydroxyl groups is 1. The van der Waals surface area contributed by atoms with Crippen LogP contribution in [0.15, 0.2) is 30.5 Å². The highest BCUT2D eigenvalue weighted by atomic mass is 16.3. The van der Waals surface area contributed by atoms with Crippen LogP contribution in [0, 0.1) is 0 Å². The second kappa shape index (κ2) is 4.85. The van der Waals surface area contributed by atoms with Gasteiger partial charge in [-0.3, -0.25) is 4.68 Å². The summed E-state index contributed by atoms with van der Waals surface area (Å²) in [6.07, 6.45) is 1.86. The molecule has 2 aromatic rings. The van der Waals surface area contributed by atoms with Gasteiger partial charge in [0.25, 0.3) is 0 Å². The van der Waals surface area contributed by atoms with Crippen LogP contribution in [0.1, 0.15) is 13.8 Å². The van der Waals surface area contributed by atoms with Crippen LogP contribution < -0.4 is 5.32 Å². The summed E-state index contributed by atoms with van der Waals surface area (Å²) in [6.45, 7) is 5.62. The van der Waals surface area contributed by atoms with Crippen LogP contribution in [-0.2, 0) is 6.54 Å². The van der Waals surface area contributed by atoms with Gasteiger partial charge in [-0.05, 0) is 19.5 Å². The van der Waals surface area contributed by atoms with E-state index in [1.165, 1.54) is 0 Å². The van der Waals surface area contributed by atoms with Gasteiger partial charge in [-0.15, -0.1) is 0 Å². The molecule has 1 unspecified atom stereocenters. The molecule has 2 N–H and O–H groups in total. The smallest absolute Gasteiger partial charge is 0.0683 e.